The fourth-order valence-electron chi connectivity index (χ4n) is 2.17. The maximum Gasteiger partial charge on any atom is 0.130 e. The lowest BCUT2D eigenvalue weighted by Crippen LogP contribution is -2.16. The normalized spacial score (nSPS) is 14.2. The second kappa shape index (κ2) is 6.22. The number of aryl methyl sites for hydroxylation is 1. The predicted molar refractivity (Wildman–Crippen MR) is 79.6 cm³/mol. The van der Waals surface area contributed by atoms with Crippen LogP contribution in [0.15, 0.2) is 36.4 Å². The number of nitrogens with zero attached hydrogens (tertiary/aromatic N) is 1. The van der Waals surface area contributed by atoms with Gasteiger partial charge in [-0.3, -0.25) is 4.98 Å². The molecular weight excluding hydrogens is 267 g/mol. The quantitative estimate of drug-likeness (QED) is 0.884. The average Bonchev–Trinajstić information content (AvgIpc) is 3.29. The molecule has 0 saturated heterocycles. The lowest BCUT2D eigenvalue weighted by atomic mass is 10.2. The van der Waals surface area contributed by atoms with Gasteiger partial charge < -0.3 is 10.1 Å². The summed E-state index contributed by atoms with van der Waals surface area (Å²) < 4.78 is 18.8. The van der Waals surface area contributed by atoms with Crippen LogP contribution in [0.2, 0.25) is 0 Å². The number of pyridine rings is 1. The van der Waals surface area contributed by atoms with Crippen molar-refractivity contribution in [1.29, 1.82) is 0 Å². The highest BCUT2D eigenvalue weighted by Gasteiger charge is 2.20. The van der Waals surface area contributed by atoms with Crippen LogP contribution in [0.1, 0.15) is 29.8 Å². The van der Waals surface area contributed by atoms with Crippen LogP contribution in [0.25, 0.3) is 0 Å². The van der Waals surface area contributed by atoms with Crippen LogP contribution in [0, 0.1) is 12.7 Å². The van der Waals surface area contributed by atoms with E-state index in [4.69, 9.17) is 4.74 Å². The molecule has 0 amide bonds. The highest BCUT2D eigenvalue weighted by Crippen LogP contribution is 2.20. The average molecular weight is 286 g/mol. The number of ether oxygens (including phenoxy) is 1. The van der Waals surface area contributed by atoms with Crippen LogP contribution in [-0.4, -0.2) is 11.0 Å². The highest BCUT2D eigenvalue weighted by molar-refractivity contribution is 5.32. The molecule has 1 aromatic heterocycles. The van der Waals surface area contributed by atoms with Crippen molar-refractivity contribution >= 4 is 0 Å². The van der Waals surface area contributed by atoms with Crippen molar-refractivity contribution in [2.24, 2.45) is 0 Å². The first-order valence-electron chi connectivity index (χ1n) is 7.28. The predicted octanol–water partition coefficient (Wildman–Crippen LogP) is 3.36. The Bertz CT molecular complexity index is 626. The summed E-state index contributed by atoms with van der Waals surface area (Å²) in [4.78, 5) is 4.57. The Balaban J connectivity index is 1.60. The van der Waals surface area contributed by atoms with Gasteiger partial charge in [0.15, 0.2) is 0 Å². The lowest BCUT2D eigenvalue weighted by molar-refractivity contribution is 0.298. The topological polar surface area (TPSA) is 34.1 Å². The van der Waals surface area contributed by atoms with Gasteiger partial charge in [0.25, 0.3) is 0 Å². The number of nitrogens with one attached hydrogen (secondary N) is 1. The van der Waals surface area contributed by atoms with E-state index in [1.165, 1.54) is 25.0 Å². The summed E-state index contributed by atoms with van der Waals surface area (Å²) in [5, 5.41) is 3.44. The van der Waals surface area contributed by atoms with Gasteiger partial charge in [0.1, 0.15) is 18.2 Å². The van der Waals surface area contributed by atoms with Crippen molar-refractivity contribution < 1.29 is 9.13 Å². The van der Waals surface area contributed by atoms with Gasteiger partial charge in [0, 0.05) is 12.6 Å². The van der Waals surface area contributed by atoms with Gasteiger partial charge >= 0.3 is 0 Å². The minimum absolute atomic E-state index is 0.244. The molecule has 0 spiro atoms. The van der Waals surface area contributed by atoms with Crippen LogP contribution in [0.4, 0.5) is 4.39 Å². The Morgan fingerprint density at radius 2 is 2.05 bits per heavy atom. The van der Waals surface area contributed by atoms with Crippen molar-refractivity contribution in [3.8, 4) is 5.75 Å². The number of halogens is 1. The van der Waals surface area contributed by atoms with Crippen LogP contribution in [0.5, 0.6) is 5.75 Å². The van der Waals surface area contributed by atoms with Gasteiger partial charge in [-0.2, -0.15) is 0 Å². The van der Waals surface area contributed by atoms with Gasteiger partial charge in [-0.25, -0.2) is 4.39 Å². The maximum atomic E-state index is 13.0. The third-order valence-corrected chi connectivity index (χ3v) is 3.53. The molecule has 0 atom stereocenters. The Morgan fingerprint density at radius 3 is 2.81 bits per heavy atom. The third-order valence-electron chi connectivity index (χ3n) is 3.53. The first-order chi connectivity index (χ1) is 10.2. The van der Waals surface area contributed by atoms with E-state index in [9.17, 15) is 4.39 Å². The molecule has 0 unspecified atom stereocenters. The van der Waals surface area contributed by atoms with Crippen LogP contribution < -0.4 is 10.1 Å². The van der Waals surface area contributed by atoms with Gasteiger partial charge in [0.2, 0.25) is 0 Å². The number of benzene rings is 1. The summed E-state index contributed by atoms with van der Waals surface area (Å²) in [5.74, 6) is 0.450. The van der Waals surface area contributed by atoms with E-state index in [2.05, 4.69) is 10.3 Å². The van der Waals surface area contributed by atoms with E-state index < -0.39 is 0 Å². The second-order valence-corrected chi connectivity index (χ2v) is 5.47. The van der Waals surface area contributed by atoms with E-state index >= 15 is 0 Å². The first kappa shape index (κ1) is 14.0. The molecule has 0 radical (unpaired) electrons. The van der Waals surface area contributed by atoms with Gasteiger partial charge in [0.05, 0.1) is 11.4 Å². The Kier molecular flexibility index (Phi) is 4.15. The molecule has 110 valence electrons. The number of rotatable bonds is 6. The minimum atomic E-state index is -0.244. The molecule has 1 heterocycles. The van der Waals surface area contributed by atoms with Crippen molar-refractivity contribution in [2.75, 3.05) is 0 Å². The fraction of sp³-hybridized carbons (Fsp3) is 0.353. The molecule has 3 rings (SSSR count). The molecule has 1 fully saturated rings. The number of hydrogen-bond acceptors (Lipinski definition) is 3. The molecule has 21 heavy (non-hydrogen) atoms. The molecule has 0 aliphatic heterocycles. The van der Waals surface area contributed by atoms with Crippen molar-refractivity contribution in [2.45, 2.75) is 39.0 Å². The molecule has 1 saturated carbocycles. The lowest BCUT2D eigenvalue weighted by Gasteiger charge is -2.10. The Hall–Kier alpha value is -1.94. The molecule has 4 heteroatoms. The SMILES string of the molecule is Cc1cc(F)ccc1OCc1cccc(CNC2CC2)n1. The van der Waals surface area contributed by atoms with Gasteiger partial charge in [-0.1, -0.05) is 6.07 Å². The smallest absolute Gasteiger partial charge is 0.130 e. The zero-order valence-corrected chi connectivity index (χ0v) is 12.1. The molecule has 0 bridgehead atoms. The fourth-order valence-corrected chi connectivity index (χ4v) is 2.17. The second-order valence-electron chi connectivity index (χ2n) is 5.47. The molecule has 1 aromatic carbocycles. The summed E-state index contributed by atoms with van der Waals surface area (Å²) >= 11 is 0. The summed E-state index contributed by atoms with van der Waals surface area (Å²) in [6.45, 7) is 3.03. The Morgan fingerprint density at radius 1 is 1.24 bits per heavy atom. The zero-order valence-electron chi connectivity index (χ0n) is 12.1. The van der Waals surface area contributed by atoms with Crippen molar-refractivity contribution in [3.63, 3.8) is 0 Å². The molecule has 1 aliphatic rings. The molecule has 1 N–H and O–H groups in total. The summed E-state index contributed by atoms with van der Waals surface area (Å²) in [5.41, 5.74) is 2.70. The number of aromatic nitrogens is 1. The van der Waals surface area contributed by atoms with E-state index in [1.54, 1.807) is 6.07 Å². The van der Waals surface area contributed by atoms with E-state index in [1.807, 2.05) is 25.1 Å². The van der Waals surface area contributed by atoms with E-state index in [0.29, 0.717) is 18.4 Å². The maximum absolute atomic E-state index is 13.0. The van der Waals surface area contributed by atoms with Crippen molar-refractivity contribution in [3.05, 3.63) is 59.2 Å². The summed E-state index contributed by atoms with van der Waals surface area (Å²) in [7, 11) is 0. The minimum Gasteiger partial charge on any atom is -0.487 e. The van der Waals surface area contributed by atoms with Crippen LogP contribution in [0.3, 0.4) is 0 Å². The van der Waals surface area contributed by atoms with Gasteiger partial charge in [-0.15, -0.1) is 0 Å². The third kappa shape index (κ3) is 4.02. The first-order valence-corrected chi connectivity index (χ1v) is 7.28. The zero-order chi connectivity index (χ0) is 14.7. The largest absolute Gasteiger partial charge is 0.487 e. The summed E-state index contributed by atoms with van der Waals surface area (Å²) in [6.07, 6.45) is 2.54. The molecule has 1 aliphatic carbocycles. The highest BCUT2D eigenvalue weighted by atomic mass is 19.1. The monoisotopic (exact) mass is 286 g/mol. The van der Waals surface area contributed by atoms with Crippen LogP contribution in [-0.2, 0) is 13.2 Å². The molecule has 2 aromatic rings. The standard InChI is InChI=1S/C17H19FN2O/c1-12-9-13(18)5-8-17(12)21-11-16-4-2-3-15(20-16)10-19-14-6-7-14/h2-5,8-9,14,19H,6-7,10-11H2,1H3. The van der Waals surface area contributed by atoms with E-state index in [-0.39, 0.29) is 5.82 Å². The van der Waals surface area contributed by atoms with Crippen molar-refractivity contribution in [1.82, 2.24) is 10.3 Å². The van der Waals surface area contributed by atoms with Crippen LogP contribution >= 0.6 is 0 Å². The molecule has 3 nitrogen and oxygen atoms in total. The summed E-state index contributed by atoms with van der Waals surface area (Å²) in [6, 6.07) is 11.2. The Labute approximate surface area is 124 Å². The van der Waals surface area contributed by atoms with Gasteiger partial charge in [-0.05, 0) is 55.7 Å². The number of hydrogen-bond donors (Lipinski definition) is 1. The molecular formula is C17H19FN2O. The van der Waals surface area contributed by atoms with E-state index in [0.717, 1.165) is 23.5 Å².